The van der Waals surface area contributed by atoms with E-state index in [1.165, 1.54) is 12.0 Å². The number of fused-ring (bicyclic) bond motifs is 1. The average Bonchev–Trinajstić information content (AvgIpc) is 2.70. The van der Waals surface area contributed by atoms with Crippen molar-refractivity contribution in [2.45, 2.75) is 26.7 Å². The van der Waals surface area contributed by atoms with Gasteiger partial charge in [0.2, 0.25) is 0 Å². The van der Waals surface area contributed by atoms with Gasteiger partial charge in [-0.05, 0) is 43.8 Å². The molecule has 0 fully saturated rings. The van der Waals surface area contributed by atoms with Crippen LogP contribution in [0.5, 0.6) is 5.75 Å². The molecule has 1 heterocycles. The molecule has 2 rings (SSSR count). The number of phenols is 1. The Balaban J connectivity index is 0.000000437. The fourth-order valence-electron chi connectivity index (χ4n) is 1.63. The second-order valence-corrected chi connectivity index (χ2v) is 4.10. The quantitative estimate of drug-likeness (QED) is 0.764. The first-order chi connectivity index (χ1) is 8.22. The van der Waals surface area contributed by atoms with Crippen molar-refractivity contribution < 1.29 is 5.11 Å². The summed E-state index contributed by atoms with van der Waals surface area (Å²) in [5.41, 5.74) is 2.32. The summed E-state index contributed by atoms with van der Waals surface area (Å²) < 4.78 is 0. The van der Waals surface area contributed by atoms with Crippen LogP contribution in [-0.2, 0) is 6.42 Å². The molecular weight excluding hydrogens is 212 g/mol. The molecule has 3 heteroatoms. The van der Waals surface area contributed by atoms with E-state index >= 15 is 0 Å². The highest BCUT2D eigenvalue weighted by Crippen LogP contribution is 2.22. The van der Waals surface area contributed by atoms with Crippen LogP contribution >= 0.6 is 0 Å². The number of aromatic amines is 1. The summed E-state index contributed by atoms with van der Waals surface area (Å²) in [5, 5.41) is 13.6. The zero-order valence-corrected chi connectivity index (χ0v) is 10.9. The summed E-state index contributed by atoms with van der Waals surface area (Å²) in [7, 11) is 1.94. The van der Waals surface area contributed by atoms with Crippen LogP contribution in [0.25, 0.3) is 10.9 Å². The normalized spacial score (nSPS) is 10.1. The highest BCUT2D eigenvalue weighted by Gasteiger charge is 2.03. The number of aromatic hydroxyl groups is 1. The second-order valence-electron chi connectivity index (χ2n) is 4.10. The maximum absolute atomic E-state index is 9.37. The van der Waals surface area contributed by atoms with E-state index in [4.69, 9.17) is 0 Å². The molecule has 0 aliphatic rings. The number of aromatic nitrogens is 1. The number of benzene rings is 1. The molecule has 0 radical (unpaired) electrons. The molecule has 94 valence electrons. The van der Waals surface area contributed by atoms with Crippen molar-refractivity contribution in [3.05, 3.63) is 30.0 Å². The van der Waals surface area contributed by atoms with Gasteiger partial charge in [-0.3, -0.25) is 0 Å². The van der Waals surface area contributed by atoms with Crippen LogP contribution < -0.4 is 5.32 Å². The second kappa shape index (κ2) is 6.97. The van der Waals surface area contributed by atoms with Gasteiger partial charge in [0.15, 0.2) is 0 Å². The van der Waals surface area contributed by atoms with Gasteiger partial charge in [-0.15, -0.1) is 0 Å². The van der Waals surface area contributed by atoms with Gasteiger partial charge in [-0.1, -0.05) is 20.3 Å². The Morgan fingerprint density at radius 2 is 2.00 bits per heavy atom. The van der Waals surface area contributed by atoms with Crippen molar-refractivity contribution in [3.63, 3.8) is 0 Å². The molecule has 3 nitrogen and oxygen atoms in total. The predicted octanol–water partition coefficient (Wildman–Crippen LogP) is 3.05. The molecule has 0 saturated heterocycles. The Hall–Kier alpha value is -1.48. The lowest BCUT2D eigenvalue weighted by Crippen LogP contribution is -2.09. The molecule has 0 aliphatic heterocycles. The van der Waals surface area contributed by atoms with E-state index in [0.29, 0.717) is 5.75 Å². The maximum Gasteiger partial charge on any atom is 0.116 e. The number of hydrogen-bond donors (Lipinski definition) is 3. The lowest BCUT2D eigenvalue weighted by molar-refractivity contribution is 0.476. The summed E-state index contributed by atoms with van der Waals surface area (Å²) in [4.78, 5) is 3.19. The lowest BCUT2D eigenvalue weighted by Gasteiger charge is -1.98. The molecule has 0 bridgehead atoms. The molecule has 0 saturated carbocycles. The first-order valence-corrected chi connectivity index (χ1v) is 6.16. The monoisotopic (exact) mass is 234 g/mol. The average molecular weight is 234 g/mol. The number of likely N-dealkylation sites (N-methyl/N-ethyl adjacent to an activating group) is 1. The van der Waals surface area contributed by atoms with E-state index < -0.39 is 0 Å². The Labute approximate surface area is 103 Å². The molecule has 1 aromatic heterocycles. The molecule has 0 unspecified atom stereocenters. The standard InChI is InChI=1S/C11H14N2O.C3H8/c1-12-5-4-8-7-13-11-3-2-9(14)6-10(8)11;1-3-2/h2-3,6-7,12-14H,4-5H2,1H3;3H2,1-2H3. The summed E-state index contributed by atoms with van der Waals surface area (Å²) in [6.07, 6.45) is 4.22. The van der Waals surface area contributed by atoms with Gasteiger partial charge in [0.05, 0.1) is 0 Å². The summed E-state index contributed by atoms with van der Waals surface area (Å²) in [6, 6.07) is 5.39. The maximum atomic E-state index is 9.37. The Bertz CT molecular complexity index is 448. The smallest absolute Gasteiger partial charge is 0.116 e. The van der Waals surface area contributed by atoms with Crippen molar-refractivity contribution in [2.75, 3.05) is 13.6 Å². The molecule has 0 aliphatic carbocycles. The van der Waals surface area contributed by atoms with E-state index in [1.807, 2.05) is 19.3 Å². The third-order valence-electron chi connectivity index (χ3n) is 2.40. The third-order valence-corrected chi connectivity index (χ3v) is 2.40. The predicted molar refractivity (Wildman–Crippen MR) is 73.6 cm³/mol. The van der Waals surface area contributed by atoms with Crippen LogP contribution in [0.15, 0.2) is 24.4 Å². The minimum atomic E-state index is 0.322. The zero-order chi connectivity index (χ0) is 12.7. The van der Waals surface area contributed by atoms with E-state index in [1.54, 1.807) is 12.1 Å². The number of rotatable bonds is 3. The topological polar surface area (TPSA) is 48.0 Å². The van der Waals surface area contributed by atoms with E-state index in [9.17, 15) is 5.11 Å². The lowest BCUT2D eigenvalue weighted by atomic mass is 10.1. The van der Waals surface area contributed by atoms with Gasteiger partial charge in [0, 0.05) is 17.1 Å². The minimum absolute atomic E-state index is 0.322. The van der Waals surface area contributed by atoms with Crippen LogP contribution in [-0.4, -0.2) is 23.7 Å². The molecule has 0 spiro atoms. The first kappa shape index (κ1) is 13.6. The molecule has 1 aromatic carbocycles. The van der Waals surface area contributed by atoms with Crippen molar-refractivity contribution in [3.8, 4) is 5.75 Å². The van der Waals surface area contributed by atoms with Gasteiger partial charge in [-0.2, -0.15) is 0 Å². The zero-order valence-electron chi connectivity index (χ0n) is 10.9. The van der Waals surface area contributed by atoms with Crippen molar-refractivity contribution in [1.29, 1.82) is 0 Å². The minimum Gasteiger partial charge on any atom is -0.508 e. The number of hydrogen-bond acceptors (Lipinski definition) is 2. The van der Waals surface area contributed by atoms with Crippen molar-refractivity contribution in [1.82, 2.24) is 10.3 Å². The molecule has 17 heavy (non-hydrogen) atoms. The van der Waals surface area contributed by atoms with Crippen molar-refractivity contribution in [2.24, 2.45) is 0 Å². The highest BCUT2D eigenvalue weighted by molar-refractivity contribution is 5.84. The van der Waals surface area contributed by atoms with E-state index in [2.05, 4.69) is 24.1 Å². The van der Waals surface area contributed by atoms with Gasteiger partial charge in [0.25, 0.3) is 0 Å². The summed E-state index contributed by atoms with van der Waals surface area (Å²) >= 11 is 0. The van der Waals surface area contributed by atoms with Gasteiger partial charge in [-0.25, -0.2) is 0 Å². The fraction of sp³-hybridized carbons (Fsp3) is 0.429. The number of phenolic OH excluding ortho intramolecular Hbond substituents is 1. The van der Waals surface area contributed by atoms with Crippen LogP contribution in [0, 0.1) is 0 Å². The molecule has 0 atom stereocenters. The Morgan fingerprint density at radius 3 is 2.65 bits per heavy atom. The molecular formula is C14H22N2O. The SMILES string of the molecule is CCC.CNCCc1c[nH]c2ccc(O)cc12. The number of nitrogens with one attached hydrogen (secondary N) is 2. The van der Waals surface area contributed by atoms with Crippen LogP contribution in [0.4, 0.5) is 0 Å². The number of H-pyrrole nitrogens is 1. The van der Waals surface area contributed by atoms with Crippen molar-refractivity contribution >= 4 is 10.9 Å². The van der Waals surface area contributed by atoms with E-state index in [-0.39, 0.29) is 0 Å². The largest absolute Gasteiger partial charge is 0.508 e. The van der Waals surface area contributed by atoms with Gasteiger partial charge >= 0.3 is 0 Å². The third kappa shape index (κ3) is 3.79. The van der Waals surface area contributed by atoms with Gasteiger partial charge < -0.3 is 15.4 Å². The van der Waals surface area contributed by atoms with Crippen LogP contribution in [0.2, 0.25) is 0 Å². The fourth-order valence-corrected chi connectivity index (χ4v) is 1.63. The van der Waals surface area contributed by atoms with E-state index in [0.717, 1.165) is 23.9 Å². The molecule has 3 N–H and O–H groups in total. The summed E-state index contributed by atoms with van der Waals surface area (Å²) in [5.74, 6) is 0.322. The molecule has 0 amide bonds. The highest BCUT2D eigenvalue weighted by atomic mass is 16.3. The van der Waals surface area contributed by atoms with Crippen LogP contribution in [0.1, 0.15) is 25.8 Å². The Kier molecular flexibility index (Phi) is 5.57. The first-order valence-electron chi connectivity index (χ1n) is 6.16. The van der Waals surface area contributed by atoms with Gasteiger partial charge in [0.1, 0.15) is 5.75 Å². The molecule has 2 aromatic rings. The van der Waals surface area contributed by atoms with Crippen LogP contribution in [0.3, 0.4) is 0 Å². The summed E-state index contributed by atoms with van der Waals surface area (Å²) in [6.45, 7) is 5.20. The Morgan fingerprint density at radius 1 is 1.29 bits per heavy atom.